The van der Waals surface area contributed by atoms with Crippen LogP contribution in [0.25, 0.3) is 0 Å². The number of halogens is 1. The van der Waals surface area contributed by atoms with E-state index in [1.165, 1.54) is 0 Å². The van der Waals surface area contributed by atoms with Crippen molar-refractivity contribution in [3.8, 4) is 0 Å². The number of piperidine rings is 1. The summed E-state index contributed by atoms with van der Waals surface area (Å²) in [5.74, 6) is 0.0472. The van der Waals surface area contributed by atoms with E-state index in [1.807, 2.05) is 24.3 Å². The van der Waals surface area contributed by atoms with Gasteiger partial charge in [0.2, 0.25) is 5.91 Å². The van der Waals surface area contributed by atoms with E-state index in [0.717, 1.165) is 42.9 Å². The van der Waals surface area contributed by atoms with Crippen LogP contribution in [0.4, 0.5) is 0 Å². The Morgan fingerprint density at radius 2 is 2.19 bits per heavy atom. The second-order valence-corrected chi connectivity index (χ2v) is 5.74. The summed E-state index contributed by atoms with van der Waals surface area (Å²) in [6.07, 6.45) is 3.61. The summed E-state index contributed by atoms with van der Waals surface area (Å²) in [5.41, 5.74) is 1.13. The lowest BCUT2D eigenvalue weighted by atomic mass is 10.1. The number of ether oxygens (including phenoxy) is 1. The molecule has 1 aliphatic rings. The summed E-state index contributed by atoms with van der Waals surface area (Å²) in [6.45, 7) is 3.16. The van der Waals surface area contributed by atoms with Gasteiger partial charge in [-0.3, -0.25) is 4.79 Å². The molecule has 21 heavy (non-hydrogen) atoms. The Morgan fingerprint density at radius 1 is 1.38 bits per heavy atom. The number of amides is 1. The van der Waals surface area contributed by atoms with Gasteiger partial charge in [-0.1, -0.05) is 23.7 Å². The molecule has 1 aromatic rings. The second-order valence-electron chi connectivity index (χ2n) is 5.30. The van der Waals surface area contributed by atoms with Crippen LogP contribution in [-0.4, -0.2) is 38.3 Å². The van der Waals surface area contributed by atoms with Gasteiger partial charge >= 0.3 is 0 Å². The fourth-order valence-corrected chi connectivity index (χ4v) is 2.62. The van der Waals surface area contributed by atoms with Crippen LogP contribution in [-0.2, 0) is 16.0 Å². The van der Waals surface area contributed by atoms with Crippen LogP contribution in [0.3, 0.4) is 0 Å². The van der Waals surface area contributed by atoms with Gasteiger partial charge in [0, 0.05) is 18.0 Å². The Kier molecular flexibility index (Phi) is 7.00. The van der Waals surface area contributed by atoms with E-state index in [0.29, 0.717) is 25.7 Å². The van der Waals surface area contributed by atoms with Crippen molar-refractivity contribution < 1.29 is 9.53 Å². The molecule has 0 bridgehead atoms. The first-order valence-corrected chi connectivity index (χ1v) is 7.95. The minimum atomic E-state index is 0.0472. The Labute approximate surface area is 131 Å². The number of hydrogen-bond acceptors (Lipinski definition) is 3. The molecule has 0 saturated carbocycles. The number of benzene rings is 1. The third kappa shape index (κ3) is 6.46. The summed E-state index contributed by atoms with van der Waals surface area (Å²) in [4.78, 5) is 11.7. The molecule has 0 radical (unpaired) electrons. The predicted molar refractivity (Wildman–Crippen MR) is 84.6 cm³/mol. The molecule has 2 N–H and O–H groups in total. The summed E-state index contributed by atoms with van der Waals surface area (Å²) in [7, 11) is 0. The molecule has 0 unspecified atom stereocenters. The van der Waals surface area contributed by atoms with E-state index >= 15 is 0 Å². The number of nitrogens with one attached hydrogen (secondary N) is 2. The third-order valence-corrected chi connectivity index (χ3v) is 3.83. The zero-order chi connectivity index (χ0) is 14.9. The Morgan fingerprint density at radius 3 is 2.95 bits per heavy atom. The lowest BCUT2D eigenvalue weighted by molar-refractivity contribution is -0.122. The summed E-state index contributed by atoms with van der Waals surface area (Å²) in [6, 6.07) is 7.71. The topological polar surface area (TPSA) is 50.4 Å². The first-order chi connectivity index (χ1) is 10.2. The van der Waals surface area contributed by atoms with Crippen LogP contribution >= 0.6 is 11.6 Å². The van der Waals surface area contributed by atoms with Crippen LogP contribution in [0.15, 0.2) is 24.3 Å². The van der Waals surface area contributed by atoms with Crippen LogP contribution in [0.1, 0.15) is 24.8 Å². The molecule has 1 aliphatic heterocycles. The highest BCUT2D eigenvalue weighted by Crippen LogP contribution is 2.10. The van der Waals surface area contributed by atoms with Crippen molar-refractivity contribution in [1.82, 2.24) is 10.6 Å². The molecule has 5 heteroatoms. The average molecular weight is 311 g/mol. The molecule has 1 fully saturated rings. The van der Waals surface area contributed by atoms with Crippen molar-refractivity contribution in [2.24, 2.45) is 0 Å². The largest absolute Gasteiger partial charge is 0.378 e. The van der Waals surface area contributed by atoms with Gasteiger partial charge in [0.15, 0.2) is 0 Å². The fraction of sp³-hybridized carbons (Fsp3) is 0.562. The number of carbonyl (C=O) groups is 1. The molecule has 4 nitrogen and oxygen atoms in total. The molecule has 0 spiro atoms. The van der Waals surface area contributed by atoms with Crippen molar-refractivity contribution in [1.29, 1.82) is 0 Å². The van der Waals surface area contributed by atoms with Crippen molar-refractivity contribution in [3.05, 3.63) is 34.9 Å². The fourth-order valence-electron chi connectivity index (χ4n) is 2.41. The Hall–Kier alpha value is -1.10. The summed E-state index contributed by atoms with van der Waals surface area (Å²) >= 11 is 5.92. The van der Waals surface area contributed by atoms with Gasteiger partial charge in [0.1, 0.15) is 0 Å². The normalized spacial score (nSPS) is 15.9. The van der Waals surface area contributed by atoms with Crippen LogP contribution < -0.4 is 10.6 Å². The number of rotatable bonds is 7. The maximum Gasteiger partial charge on any atom is 0.222 e. The number of hydrogen-bond donors (Lipinski definition) is 2. The molecule has 1 amide bonds. The van der Waals surface area contributed by atoms with E-state index in [1.54, 1.807) is 0 Å². The van der Waals surface area contributed by atoms with Gasteiger partial charge in [-0.15, -0.1) is 0 Å². The van der Waals surface area contributed by atoms with Crippen LogP contribution in [0.2, 0.25) is 5.02 Å². The van der Waals surface area contributed by atoms with Gasteiger partial charge in [0.05, 0.1) is 12.7 Å². The number of carbonyl (C=O) groups excluding carboxylic acids is 1. The lowest BCUT2D eigenvalue weighted by Gasteiger charge is -2.22. The molecular weight excluding hydrogens is 288 g/mol. The van der Waals surface area contributed by atoms with Crippen molar-refractivity contribution in [3.63, 3.8) is 0 Å². The third-order valence-electron chi connectivity index (χ3n) is 3.59. The second kappa shape index (κ2) is 9.03. The Bertz CT molecular complexity index is 448. The standard InChI is InChI=1S/C16H23ClN2O2/c17-14-3-1-2-13(12-14)4-10-19-16(20)7-11-21-15-5-8-18-9-6-15/h1-3,12,15,18H,4-11H2,(H,19,20). The first kappa shape index (κ1) is 16.3. The Balaban J connectivity index is 1.55. The van der Waals surface area contributed by atoms with E-state index < -0.39 is 0 Å². The molecule has 1 saturated heterocycles. The predicted octanol–water partition coefficient (Wildman–Crippen LogP) is 2.16. The molecule has 0 aromatic heterocycles. The van der Waals surface area contributed by atoms with Gasteiger partial charge in [-0.05, 0) is 50.0 Å². The van der Waals surface area contributed by atoms with Crippen molar-refractivity contribution in [2.45, 2.75) is 31.8 Å². The first-order valence-electron chi connectivity index (χ1n) is 7.57. The lowest BCUT2D eigenvalue weighted by Crippen LogP contribution is -2.33. The van der Waals surface area contributed by atoms with Gasteiger partial charge in [0.25, 0.3) is 0 Å². The highest BCUT2D eigenvalue weighted by Gasteiger charge is 2.13. The van der Waals surface area contributed by atoms with E-state index in [-0.39, 0.29) is 5.91 Å². The van der Waals surface area contributed by atoms with Gasteiger partial charge < -0.3 is 15.4 Å². The van der Waals surface area contributed by atoms with Crippen LogP contribution in [0.5, 0.6) is 0 Å². The minimum Gasteiger partial charge on any atom is -0.378 e. The highest BCUT2D eigenvalue weighted by atomic mass is 35.5. The van der Waals surface area contributed by atoms with E-state index in [9.17, 15) is 4.79 Å². The van der Waals surface area contributed by atoms with Crippen molar-refractivity contribution >= 4 is 17.5 Å². The minimum absolute atomic E-state index is 0.0472. The molecule has 2 rings (SSSR count). The molecule has 0 aliphatic carbocycles. The summed E-state index contributed by atoms with van der Waals surface area (Å²) < 4.78 is 5.72. The maximum atomic E-state index is 11.7. The SMILES string of the molecule is O=C(CCOC1CCNCC1)NCCc1cccc(Cl)c1. The quantitative estimate of drug-likeness (QED) is 0.811. The molecular formula is C16H23ClN2O2. The molecule has 1 heterocycles. The zero-order valence-corrected chi connectivity index (χ0v) is 13.0. The molecule has 116 valence electrons. The zero-order valence-electron chi connectivity index (χ0n) is 12.2. The van der Waals surface area contributed by atoms with E-state index in [4.69, 9.17) is 16.3 Å². The van der Waals surface area contributed by atoms with Gasteiger partial charge in [-0.25, -0.2) is 0 Å². The average Bonchev–Trinajstić information content (AvgIpc) is 2.48. The van der Waals surface area contributed by atoms with Crippen molar-refractivity contribution in [2.75, 3.05) is 26.2 Å². The highest BCUT2D eigenvalue weighted by molar-refractivity contribution is 6.30. The van der Waals surface area contributed by atoms with E-state index in [2.05, 4.69) is 10.6 Å². The van der Waals surface area contributed by atoms with Crippen LogP contribution in [0, 0.1) is 0 Å². The monoisotopic (exact) mass is 310 g/mol. The molecule has 0 atom stereocenters. The molecule has 1 aromatic carbocycles. The summed E-state index contributed by atoms with van der Waals surface area (Å²) in [5, 5.41) is 6.94. The smallest absolute Gasteiger partial charge is 0.222 e. The maximum absolute atomic E-state index is 11.7. The van der Waals surface area contributed by atoms with Gasteiger partial charge in [-0.2, -0.15) is 0 Å².